The van der Waals surface area contributed by atoms with Crippen LogP contribution < -0.4 is 11.1 Å². The number of anilines is 1. The number of hydrogen-bond donors (Lipinski definition) is 2. The van der Waals surface area contributed by atoms with Crippen molar-refractivity contribution in [1.82, 2.24) is 10.3 Å². The predicted molar refractivity (Wildman–Crippen MR) is 71.6 cm³/mol. The number of carbonyl (C=O) groups excluding carboxylic acids is 1. The van der Waals surface area contributed by atoms with E-state index in [9.17, 15) is 4.79 Å². The first kappa shape index (κ1) is 11.2. The molecule has 2 unspecified atom stereocenters. The summed E-state index contributed by atoms with van der Waals surface area (Å²) in [5.41, 5.74) is 7.20. The summed E-state index contributed by atoms with van der Waals surface area (Å²) in [6.07, 6.45) is 0.995. The van der Waals surface area contributed by atoms with E-state index in [4.69, 9.17) is 5.73 Å². The van der Waals surface area contributed by atoms with Crippen LogP contribution in [-0.2, 0) is 0 Å². The summed E-state index contributed by atoms with van der Waals surface area (Å²) in [4.78, 5) is 15.8. The Labute approximate surface area is 109 Å². The van der Waals surface area contributed by atoms with Gasteiger partial charge in [-0.25, -0.2) is 4.98 Å². The van der Waals surface area contributed by atoms with Crippen LogP contribution in [0.5, 0.6) is 0 Å². The largest absolute Gasteiger partial charge is 0.375 e. The highest BCUT2D eigenvalue weighted by Crippen LogP contribution is 2.40. The summed E-state index contributed by atoms with van der Waals surface area (Å²) >= 11 is 1.28. The second-order valence-corrected chi connectivity index (χ2v) is 5.29. The molecule has 1 heterocycles. The average molecular weight is 259 g/mol. The van der Waals surface area contributed by atoms with Gasteiger partial charge in [0.2, 0.25) is 0 Å². The van der Waals surface area contributed by atoms with Crippen LogP contribution in [0.1, 0.15) is 28.4 Å². The van der Waals surface area contributed by atoms with Crippen molar-refractivity contribution in [2.45, 2.75) is 18.4 Å². The summed E-state index contributed by atoms with van der Waals surface area (Å²) in [7, 11) is 0. The fourth-order valence-electron chi connectivity index (χ4n) is 2.06. The predicted octanol–water partition coefficient (Wildman–Crippen LogP) is 2.01. The molecular weight excluding hydrogens is 246 g/mol. The number of benzene rings is 1. The topological polar surface area (TPSA) is 68.0 Å². The number of carbonyl (C=O) groups is 1. The summed E-state index contributed by atoms with van der Waals surface area (Å²) in [6, 6.07) is 10.5. The molecule has 3 N–H and O–H groups in total. The van der Waals surface area contributed by atoms with Gasteiger partial charge in [0.1, 0.15) is 5.69 Å². The first-order chi connectivity index (χ1) is 8.74. The minimum atomic E-state index is -0.133. The Balaban J connectivity index is 1.62. The van der Waals surface area contributed by atoms with E-state index in [0.29, 0.717) is 16.7 Å². The van der Waals surface area contributed by atoms with Gasteiger partial charge in [-0.15, -0.1) is 11.3 Å². The SMILES string of the molecule is Nc1nc(C(=O)NC2CC2c2ccccc2)cs1. The standard InChI is InChI=1S/C13H13N3OS/c14-13-16-11(7-18-13)12(17)15-10-6-9(10)8-4-2-1-3-5-8/h1-5,7,9-10H,6H2,(H2,14,16)(H,15,17). The van der Waals surface area contributed by atoms with Crippen molar-refractivity contribution in [3.8, 4) is 0 Å². The molecule has 5 heteroatoms. The maximum absolute atomic E-state index is 11.9. The summed E-state index contributed by atoms with van der Waals surface area (Å²) in [5, 5.41) is 5.09. The number of thiazole rings is 1. The maximum Gasteiger partial charge on any atom is 0.271 e. The lowest BCUT2D eigenvalue weighted by atomic mass is 10.1. The molecule has 0 aliphatic heterocycles. The van der Waals surface area contributed by atoms with Crippen LogP contribution in [0.25, 0.3) is 0 Å². The third kappa shape index (κ3) is 2.22. The minimum Gasteiger partial charge on any atom is -0.375 e. The molecule has 1 aliphatic carbocycles. The molecule has 0 saturated heterocycles. The number of nitrogen functional groups attached to an aromatic ring is 1. The highest BCUT2D eigenvalue weighted by Gasteiger charge is 2.39. The van der Waals surface area contributed by atoms with E-state index in [-0.39, 0.29) is 11.9 Å². The third-order valence-corrected chi connectivity index (χ3v) is 3.76. The molecule has 0 spiro atoms. The van der Waals surface area contributed by atoms with Crippen LogP contribution in [0.2, 0.25) is 0 Å². The fourth-order valence-corrected chi connectivity index (χ4v) is 2.60. The molecular formula is C13H13N3OS. The minimum absolute atomic E-state index is 0.133. The Kier molecular flexibility index (Phi) is 2.76. The van der Waals surface area contributed by atoms with Gasteiger partial charge in [0.25, 0.3) is 5.91 Å². The van der Waals surface area contributed by atoms with Crippen LogP contribution >= 0.6 is 11.3 Å². The van der Waals surface area contributed by atoms with Crippen molar-refractivity contribution < 1.29 is 4.79 Å². The molecule has 18 heavy (non-hydrogen) atoms. The Morgan fingerprint density at radius 3 is 2.83 bits per heavy atom. The normalized spacial score (nSPS) is 21.6. The molecule has 1 aromatic carbocycles. The number of nitrogens with two attached hydrogens (primary N) is 1. The van der Waals surface area contributed by atoms with Crippen molar-refractivity contribution >= 4 is 22.4 Å². The van der Waals surface area contributed by atoms with Gasteiger partial charge in [-0.3, -0.25) is 4.79 Å². The van der Waals surface area contributed by atoms with Crippen LogP contribution in [-0.4, -0.2) is 16.9 Å². The summed E-state index contributed by atoms with van der Waals surface area (Å²) in [6.45, 7) is 0. The lowest BCUT2D eigenvalue weighted by molar-refractivity contribution is 0.0946. The van der Waals surface area contributed by atoms with Gasteiger partial charge in [-0.1, -0.05) is 30.3 Å². The van der Waals surface area contributed by atoms with E-state index in [0.717, 1.165) is 6.42 Å². The van der Waals surface area contributed by atoms with Crippen LogP contribution in [0.3, 0.4) is 0 Å². The molecule has 0 bridgehead atoms. The van der Waals surface area contributed by atoms with Gasteiger partial charge >= 0.3 is 0 Å². The zero-order chi connectivity index (χ0) is 12.5. The van der Waals surface area contributed by atoms with E-state index >= 15 is 0 Å². The third-order valence-electron chi connectivity index (χ3n) is 3.09. The van der Waals surface area contributed by atoms with Crippen molar-refractivity contribution in [2.75, 3.05) is 5.73 Å². The van der Waals surface area contributed by atoms with Gasteiger partial charge in [0.15, 0.2) is 5.13 Å². The second kappa shape index (κ2) is 4.42. The lowest BCUT2D eigenvalue weighted by Gasteiger charge is -2.02. The first-order valence-electron chi connectivity index (χ1n) is 5.81. The van der Waals surface area contributed by atoms with Crippen molar-refractivity contribution in [1.29, 1.82) is 0 Å². The molecule has 1 amide bonds. The van der Waals surface area contributed by atoms with E-state index in [1.54, 1.807) is 5.38 Å². The smallest absolute Gasteiger partial charge is 0.271 e. The lowest BCUT2D eigenvalue weighted by Crippen LogP contribution is -2.26. The van der Waals surface area contributed by atoms with E-state index in [2.05, 4.69) is 22.4 Å². The monoisotopic (exact) mass is 259 g/mol. The molecule has 3 rings (SSSR count). The van der Waals surface area contributed by atoms with Crippen molar-refractivity contribution in [2.24, 2.45) is 0 Å². The number of aromatic nitrogens is 1. The number of amides is 1. The Morgan fingerprint density at radius 1 is 1.39 bits per heavy atom. The Hall–Kier alpha value is -1.88. The quantitative estimate of drug-likeness (QED) is 0.886. The number of nitrogens with one attached hydrogen (secondary N) is 1. The van der Waals surface area contributed by atoms with Crippen LogP contribution in [0.4, 0.5) is 5.13 Å². The molecule has 0 radical (unpaired) electrons. The molecule has 4 nitrogen and oxygen atoms in total. The van der Waals surface area contributed by atoms with E-state index in [1.807, 2.05) is 18.2 Å². The van der Waals surface area contributed by atoms with Crippen molar-refractivity contribution in [3.63, 3.8) is 0 Å². The summed E-state index contributed by atoms with van der Waals surface area (Å²) in [5.74, 6) is 0.303. The highest BCUT2D eigenvalue weighted by atomic mass is 32.1. The van der Waals surface area contributed by atoms with E-state index in [1.165, 1.54) is 16.9 Å². The second-order valence-electron chi connectivity index (χ2n) is 4.40. The number of rotatable bonds is 3. The zero-order valence-corrected chi connectivity index (χ0v) is 10.5. The van der Waals surface area contributed by atoms with E-state index < -0.39 is 0 Å². The molecule has 92 valence electrons. The zero-order valence-electron chi connectivity index (χ0n) is 9.67. The maximum atomic E-state index is 11.9. The van der Waals surface area contributed by atoms with Gasteiger partial charge in [0.05, 0.1) is 0 Å². The molecule has 1 aromatic heterocycles. The van der Waals surface area contributed by atoms with Gasteiger partial charge in [-0.2, -0.15) is 0 Å². The molecule has 1 saturated carbocycles. The highest BCUT2D eigenvalue weighted by molar-refractivity contribution is 7.13. The molecule has 2 aromatic rings. The molecule has 2 atom stereocenters. The van der Waals surface area contributed by atoms with Crippen LogP contribution in [0, 0.1) is 0 Å². The summed E-state index contributed by atoms with van der Waals surface area (Å²) < 4.78 is 0. The van der Waals surface area contributed by atoms with Crippen molar-refractivity contribution in [3.05, 3.63) is 47.0 Å². The Bertz CT molecular complexity index is 567. The van der Waals surface area contributed by atoms with Gasteiger partial charge in [-0.05, 0) is 12.0 Å². The number of nitrogens with zero attached hydrogens (tertiary/aromatic N) is 1. The molecule has 1 fully saturated rings. The van der Waals surface area contributed by atoms with Gasteiger partial charge < -0.3 is 11.1 Å². The first-order valence-corrected chi connectivity index (χ1v) is 6.69. The number of hydrogen-bond acceptors (Lipinski definition) is 4. The molecule has 1 aliphatic rings. The fraction of sp³-hybridized carbons (Fsp3) is 0.231. The van der Waals surface area contributed by atoms with Gasteiger partial charge in [0, 0.05) is 17.3 Å². The Morgan fingerprint density at radius 2 is 2.17 bits per heavy atom. The van der Waals surface area contributed by atoms with Crippen LogP contribution in [0.15, 0.2) is 35.7 Å². The average Bonchev–Trinajstić information content (AvgIpc) is 3.01.